The molecule has 96 valence electrons. The zero-order chi connectivity index (χ0) is 13.2. The highest BCUT2D eigenvalue weighted by Gasteiger charge is 2.15. The van der Waals surface area contributed by atoms with Gasteiger partial charge in [0.2, 0.25) is 0 Å². The minimum absolute atomic E-state index is 0.893. The van der Waals surface area contributed by atoms with Crippen LogP contribution >= 0.6 is 0 Å². The molecule has 0 amide bonds. The fourth-order valence-corrected chi connectivity index (χ4v) is 2.49. The predicted octanol–water partition coefficient (Wildman–Crippen LogP) is 3.65. The predicted molar refractivity (Wildman–Crippen MR) is 81.7 cm³/mol. The summed E-state index contributed by atoms with van der Waals surface area (Å²) in [6.45, 7) is 0.893. The van der Waals surface area contributed by atoms with E-state index in [1.54, 1.807) is 0 Å². The Morgan fingerprint density at radius 2 is 1.47 bits per heavy atom. The van der Waals surface area contributed by atoms with Gasteiger partial charge in [-0.1, -0.05) is 54.6 Å². The fraction of sp³-hybridized carbons (Fsp3) is 0.176. The molecule has 0 fully saturated rings. The van der Waals surface area contributed by atoms with Crippen LogP contribution in [0.15, 0.2) is 48.5 Å². The van der Waals surface area contributed by atoms with Crippen molar-refractivity contribution in [2.45, 2.75) is 6.54 Å². The molecule has 1 aliphatic heterocycles. The number of rotatable bonds is 1. The first-order chi connectivity index (χ1) is 9.25. The molecule has 0 radical (unpaired) electrons. The van der Waals surface area contributed by atoms with E-state index < -0.39 is 0 Å². The van der Waals surface area contributed by atoms with Crippen LogP contribution in [0.25, 0.3) is 12.2 Å². The fourth-order valence-electron chi connectivity index (χ4n) is 2.49. The molecular weight excluding hydrogens is 232 g/mol. The molecule has 0 atom stereocenters. The molecular formula is C17H18N2. The number of anilines is 1. The molecule has 1 aliphatic rings. The van der Waals surface area contributed by atoms with Crippen LogP contribution in [-0.2, 0) is 6.54 Å². The lowest BCUT2D eigenvalue weighted by Gasteiger charge is -2.33. The van der Waals surface area contributed by atoms with Crippen LogP contribution in [0.1, 0.15) is 16.7 Å². The zero-order valence-corrected chi connectivity index (χ0v) is 11.4. The maximum absolute atomic E-state index is 2.30. The maximum atomic E-state index is 2.30. The first-order valence-electron chi connectivity index (χ1n) is 6.55. The Hall–Kier alpha value is -2.06. The third-order valence-corrected chi connectivity index (χ3v) is 3.52. The highest BCUT2D eigenvalue weighted by Crippen LogP contribution is 2.28. The number of hydrogen-bond acceptors (Lipinski definition) is 2. The van der Waals surface area contributed by atoms with Gasteiger partial charge in [-0.25, -0.2) is 5.01 Å². The van der Waals surface area contributed by atoms with E-state index in [9.17, 15) is 0 Å². The maximum Gasteiger partial charge on any atom is 0.0603 e. The lowest BCUT2D eigenvalue weighted by Crippen LogP contribution is -2.37. The van der Waals surface area contributed by atoms with E-state index in [1.807, 2.05) is 0 Å². The summed E-state index contributed by atoms with van der Waals surface area (Å²) in [4.78, 5) is 0. The van der Waals surface area contributed by atoms with Gasteiger partial charge in [-0.2, -0.15) is 0 Å². The largest absolute Gasteiger partial charge is 0.301 e. The quantitative estimate of drug-likeness (QED) is 0.762. The van der Waals surface area contributed by atoms with Gasteiger partial charge in [-0.05, 0) is 22.8 Å². The lowest BCUT2D eigenvalue weighted by atomic mass is 10.0. The van der Waals surface area contributed by atoms with E-state index in [0.717, 1.165) is 6.54 Å². The summed E-state index contributed by atoms with van der Waals surface area (Å²) >= 11 is 0. The van der Waals surface area contributed by atoms with E-state index in [1.165, 1.54) is 22.4 Å². The summed E-state index contributed by atoms with van der Waals surface area (Å²) in [5, 5.41) is 4.45. The minimum Gasteiger partial charge on any atom is -0.301 e. The smallest absolute Gasteiger partial charge is 0.0603 e. The van der Waals surface area contributed by atoms with Crippen molar-refractivity contribution in [3.8, 4) is 0 Å². The molecule has 2 aromatic rings. The summed E-state index contributed by atoms with van der Waals surface area (Å²) in [6, 6.07) is 17.1. The summed E-state index contributed by atoms with van der Waals surface area (Å²) in [6.07, 6.45) is 4.41. The third-order valence-electron chi connectivity index (χ3n) is 3.52. The standard InChI is InChI=1S/C17H18N2/c1-18(2)19-13-16-9-4-3-7-14(16)11-12-15-8-5-6-10-17(15)19/h3-12H,13H2,1-2H3/b12-11-. The van der Waals surface area contributed by atoms with Crippen LogP contribution in [-0.4, -0.2) is 19.1 Å². The summed E-state index contributed by atoms with van der Waals surface area (Å²) < 4.78 is 0. The number of fused-ring (bicyclic) bond motifs is 2. The van der Waals surface area contributed by atoms with Gasteiger partial charge in [0.1, 0.15) is 0 Å². The van der Waals surface area contributed by atoms with Gasteiger partial charge < -0.3 is 5.01 Å². The Bertz CT molecular complexity index is 614. The number of nitrogens with zero attached hydrogens (tertiary/aromatic N) is 2. The molecule has 0 saturated heterocycles. The van der Waals surface area contributed by atoms with Gasteiger partial charge in [-0.15, -0.1) is 0 Å². The third kappa shape index (κ3) is 2.27. The van der Waals surface area contributed by atoms with Crippen LogP contribution in [0.2, 0.25) is 0 Å². The minimum atomic E-state index is 0.893. The molecule has 0 saturated carbocycles. The molecule has 1 heterocycles. The highest BCUT2D eigenvalue weighted by atomic mass is 15.6. The number of hydrazine groups is 1. The Balaban J connectivity index is 2.17. The normalized spacial score (nSPS) is 15.4. The van der Waals surface area contributed by atoms with E-state index in [-0.39, 0.29) is 0 Å². The molecule has 0 bridgehead atoms. The van der Waals surface area contributed by atoms with Crippen molar-refractivity contribution in [1.29, 1.82) is 0 Å². The molecule has 0 aromatic heterocycles. The van der Waals surface area contributed by atoms with Crippen molar-refractivity contribution in [3.63, 3.8) is 0 Å². The van der Waals surface area contributed by atoms with E-state index in [0.29, 0.717) is 0 Å². The Morgan fingerprint density at radius 3 is 2.26 bits per heavy atom. The van der Waals surface area contributed by atoms with Crippen molar-refractivity contribution in [3.05, 3.63) is 65.2 Å². The number of benzene rings is 2. The summed E-state index contributed by atoms with van der Waals surface area (Å²) in [7, 11) is 4.18. The molecule has 0 unspecified atom stereocenters. The number of para-hydroxylation sites is 1. The van der Waals surface area contributed by atoms with Gasteiger partial charge in [0.05, 0.1) is 12.2 Å². The molecule has 2 heteroatoms. The van der Waals surface area contributed by atoms with Crippen LogP contribution in [0.5, 0.6) is 0 Å². The Kier molecular flexibility index (Phi) is 3.10. The second kappa shape index (κ2) is 4.90. The van der Waals surface area contributed by atoms with Crippen molar-refractivity contribution >= 4 is 17.8 Å². The van der Waals surface area contributed by atoms with E-state index in [4.69, 9.17) is 0 Å². The van der Waals surface area contributed by atoms with Crippen molar-refractivity contribution in [2.24, 2.45) is 0 Å². The van der Waals surface area contributed by atoms with Crippen molar-refractivity contribution in [2.75, 3.05) is 19.1 Å². The van der Waals surface area contributed by atoms with Crippen LogP contribution in [0, 0.1) is 0 Å². The van der Waals surface area contributed by atoms with Gasteiger partial charge in [0, 0.05) is 14.1 Å². The Morgan fingerprint density at radius 1 is 0.842 bits per heavy atom. The van der Waals surface area contributed by atoms with Gasteiger partial charge in [-0.3, -0.25) is 0 Å². The molecule has 0 spiro atoms. The molecule has 0 N–H and O–H groups in total. The summed E-state index contributed by atoms with van der Waals surface area (Å²) in [5.41, 5.74) is 5.15. The first-order valence-corrected chi connectivity index (χ1v) is 6.55. The molecule has 3 rings (SSSR count). The highest BCUT2D eigenvalue weighted by molar-refractivity contribution is 5.79. The summed E-state index contributed by atoms with van der Waals surface area (Å²) in [5.74, 6) is 0. The Labute approximate surface area is 114 Å². The van der Waals surface area contributed by atoms with Crippen LogP contribution in [0.4, 0.5) is 5.69 Å². The second-order valence-corrected chi connectivity index (χ2v) is 5.00. The van der Waals surface area contributed by atoms with Gasteiger partial charge in [0.25, 0.3) is 0 Å². The zero-order valence-electron chi connectivity index (χ0n) is 11.4. The molecule has 19 heavy (non-hydrogen) atoms. The van der Waals surface area contributed by atoms with E-state index in [2.05, 4.69) is 84.8 Å². The average Bonchev–Trinajstić information content (AvgIpc) is 2.41. The van der Waals surface area contributed by atoms with Crippen molar-refractivity contribution in [1.82, 2.24) is 5.01 Å². The molecule has 0 aliphatic carbocycles. The van der Waals surface area contributed by atoms with Crippen molar-refractivity contribution < 1.29 is 0 Å². The monoisotopic (exact) mass is 250 g/mol. The molecule has 2 nitrogen and oxygen atoms in total. The number of hydrogen-bond donors (Lipinski definition) is 0. The van der Waals surface area contributed by atoms with Gasteiger partial charge >= 0.3 is 0 Å². The van der Waals surface area contributed by atoms with Crippen LogP contribution < -0.4 is 5.01 Å². The van der Waals surface area contributed by atoms with Crippen LogP contribution in [0.3, 0.4) is 0 Å². The molecule has 2 aromatic carbocycles. The topological polar surface area (TPSA) is 6.48 Å². The average molecular weight is 250 g/mol. The SMILES string of the molecule is CN(C)N1Cc2ccccc2/C=C\c2ccccc21. The van der Waals surface area contributed by atoms with Gasteiger partial charge in [0.15, 0.2) is 0 Å². The van der Waals surface area contributed by atoms with E-state index >= 15 is 0 Å². The lowest BCUT2D eigenvalue weighted by molar-refractivity contribution is 0.365. The first kappa shape index (κ1) is 12.0. The second-order valence-electron chi connectivity index (χ2n) is 5.00.